The Kier molecular flexibility index (Phi) is 10.5. The second-order valence-corrected chi connectivity index (χ2v) is 10.3. The van der Waals surface area contributed by atoms with Crippen molar-refractivity contribution in [1.82, 2.24) is 15.5 Å². The lowest BCUT2D eigenvalue weighted by molar-refractivity contribution is -0.136. The number of thiocarbonyl (C=S) groups is 1. The number of carbonyl (C=O) groups is 2. The molecule has 0 bridgehead atoms. The van der Waals surface area contributed by atoms with Gasteiger partial charge in [-0.3, -0.25) is 14.5 Å². The molecule has 1 saturated heterocycles. The van der Waals surface area contributed by atoms with Crippen molar-refractivity contribution >= 4 is 55.5 Å². The Morgan fingerprint density at radius 2 is 1.94 bits per heavy atom. The van der Waals surface area contributed by atoms with Crippen LogP contribution in [0.5, 0.6) is 0 Å². The average Bonchev–Trinajstić information content (AvgIpc) is 3.18. The Morgan fingerprint density at radius 1 is 1.29 bits per heavy atom. The largest absolute Gasteiger partial charge is 0.382 e. The van der Waals surface area contributed by atoms with E-state index >= 15 is 0 Å². The molecule has 2 unspecified atom stereocenters. The minimum Gasteiger partial charge on any atom is -0.382 e. The van der Waals surface area contributed by atoms with Gasteiger partial charge in [-0.1, -0.05) is 0 Å². The lowest BCUT2D eigenvalue weighted by atomic mass is 9.82. The fraction of sp³-hybridized carbons (Fsp3) is 0.706. The summed E-state index contributed by atoms with van der Waals surface area (Å²) in [4.78, 5) is 34.2. The van der Waals surface area contributed by atoms with Gasteiger partial charge in [0.1, 0.15) is 20.1 Å². The molecule has 31 heavy (non-hydrogen) atoms. The third kappa shape index (κ3) is 7.87. The van der Waals surface area contributed by atoms with Gasteiger partial charge in [0.15, 0.2) is 5.11 Å². The van der Waals surface area contributed by atoms with Crippen molar-refractivity contribution in [3.05, 3.63) is 12.2 Å². The van der Waals surface area contributed by atoms with E-state index in [-0.39, 0.29) is 30.9 Å². The van der Waals surface area contributed by atoms with E-state index < -0.39 is 24.9 Å². The zero-order chi connectivity index (χ0) is 23.0. The van der Waals surface area contributed by atoms with Crippen LogP contribution in [0.2, 0.25) is 0 Å². The first-order valence-corrected chi connectivity index (χ1v) is 12.7. The summed E-state index contributed by atoms with van der Waals surface area (Å²) in [5.41, 5.74) is 0. The number of hydrogen-bond donors (Lipinski definition) is 3. The Balaban J connectivity index is 1.73. The van der Waals surface area contributed by atoms with Crippen molar-refractivity contribution in [2.24, 2.45) is 5.92 Å². The second kappa shape index (κ2) is 12.4. The fourth-order valence-corrected chi connectivity index (χ4v) is 4.54. The number of amides is 2. The van der Waals surface area contributed by atoms with Crippen LogP contribution >= 0.6 is 18.9 Å². The predicted octanol–water partition coefficient (Wildman–Crippen LogP) is -0.440. The maximum Gasteiger partial charge on any atom is 0.324 e. The number of rotatable bonds is 12. The summed E-state index contributed by atoms with van der Waals surface area (Å²) < 4.78 is 21.4. The normalized spacial score (nSPS) is 27.5. The molecule has 2 aliphatic rings. The lowest BCUT2D eigenvalue weighted by Crippen LogP contribution is -2.42. The van der Waals surface area contributed by atoms with Crippen LogP contribution in [-0.2, 0) is 39.9 Å². The summed E-state index contributed by atoms with van der Waals surface area (Å²) in [6, 6.07) is -0.591. The second-order valence-electron chi connectivity index (χ2n) is 6.97. The Hall–Kier alpha value is -0.915. The summed E-state index contributed by atoms with van der Waals surface area (Å²) in [6.07, 6.45) is 2.79. The molecule has 0 aliphatic carbocycles. The van der Waals surface area contributed by atoms with Crippen LogP contribution < -0.4 is 10.6 Å². The molecule has 2 rings (SSSR count). The maximum atomic E-state index is 11.5. The van der Waals surface area contributed by atoms with Crippen LogP contribution in [0.3, 0.4) is 0 Å². The predicted molar refractivity (Wildman–Crippen MR) is 122 cm³/mol. The van der Waals surface area contributed by atoms with Gasteiger partial charge in [0.25, 0.3) is 11.8 Å². The smallest absolute Gasteiger partial charge is 0.324 e. The Morgan fingerprint density at radius 3 is 2.55 bits per heavy atom. The van der Waals surface area contributed by atoms with Crippen molar-refractivity contribution < 1.29 is 33.0 Å². The molecule has 2 heterocycles. The van der Waals surface area contributed by atoms with Crippen LogP contribution in [0.1, 0.15) is 12.8 Å². The van der Waals surface area contributed by atoms with Gasteiger partial charge in [-0.05, 0) is 36.9 Å². The third-order valence-corrected chi connectivity index (χ3v) is 6.85. The summed E-state index contributed by atoms with van der Waals surface area (Å²) in [5, 5.41) is 6.43. The summed E-state index contributed by atoms with van der Waals surface area (Å²) in [5.74, 6) is -0.870. The van der Waals surface area contributed by atoms with Gasteiger partial charge < -0.3 is 34.0 Å². The van der Waals surface area contributed by atoms with Crippen LogP contribution in [0.15, 0.2) is 12.2 Å². The minimum absolute atomic E-state index is 0.215. The van der Waals surface area contributed by atoms with Gasteiger partial charge in [0, 0.05) is 57.9 Å². The number of methoxy groups -OCH3 is 1. The van der Waals surface area contributed by atoms with Gasteiger partial charge in [-0.15, -0.1) is 0 Å². The van der Waals surface area contributed by atoms with Gasteiger partial charge >= 0.3 is 6.72 Å². The molecule has 14 heteroatoms. The molecular formula is C17H27BN3O7PS2. The standard InChI is InChI=1S/C17H27BN3O7PS2/c1-25-10-12-15(28-29(24,31)26-2)11(16(18)27-12)4-3-7-19-17(30)20-8-9-21-13(22)5-6-14(21)23/h5-6,11-12,15-16H,3-4,7-10H2,1-2H3,(H,24,31)(H2,19,20,30)/t11-,12+,15?,16+,29?/m0/s1. The molecule has 0 spiro atoms. The van der Waals surface area contributed by atoms with E-state index in [2.05, 4.69) is 10.6 Å². The molecule has 3 N–H and O–H groups in total. The number of hydrogen-bond acceptors (Lipinski definition) is 8. The van der Waals surface area contributed by atoms with Crippen molar-refractivity contribution in [3.63, 3.8) is 0 Å². The molecule has 10 nitrogen and oxygen atoms in total. The number of imide groups is 1. The first-order chi connectivity index (χ1) is 14.7. The zero-order valence-corrected chi connectivity index (χ0v) is 19.9. The third-order valence-electron chi connectivity index (χ3n) is 4.88. The molecule has 2 aliphatic heterocycles. The SMILES string of the molecule is [B][C@@H]1O[C@H](COC)C(OP(O)(=S)OC)[C@@H]1CCCNC(=S)NCCN1C(=O)C=CC1=O. The van der Waals surface area contributed by atoms with Gasteiger partial charge in [-0.25, -0.2) is 0 Å². The highest BCUT2D eigenvalue weighted by atomic mass is 32.5. The molecule has 2 radical (unpaired) electrons. The molecule has 2 amide bonds. The van der Waals surface area contributed by atoms with Crippen molar-refractivity contribution in [1.29, 1.82) is 0 Å². The fourth-order valence-electron chi connectivity index (χ4n) is 3.35. The monoisotopic (exact) mass is 491 g/mol. The van der Waals surface area contributed by atoms with Crippen molar-refractivity contribution in [3.8, 4) is 0 Å². The molecule has 0 aromatic rings. The lowest BCUT2D eigenvalue weighted by Gasteiger charge is -2.27. The Labute approximate surface area is 193 Å². The van der Waals surface area contributed by atoms with Crippen LogP contribution in [-0.4, -0.2) is 93.2 Å². The van der Waals surface area contributed by atoms with E-state index in [1.807, 2.05) is 0 Å². The number of nitrogens with one attached hydrogen (secondary N) is 2. The average molecular weight is 491 g/mol. The summed E-state index contributed by atoms with van der Waals surface area (Å²) >= 11 is 10.2. The van der Waals surface area contributed by atoms with E-state index in [0.29, 0.717) is 31.0 Å². The van der Waals surface area contributed by atoms with Gasteiger partial charge in [-0.2, -0.15) is 0 Å². The summed E-state index contributed by atoms with van der Waals surface area (Å²) in [7, 11) is 8.94. The van der Waals surface area contributed by atoms with E-state index in [9.17, 15) is 14.5 Å². The minimum atomic E-state index is -3.39. The van der Waals surface area contributed by atoms with E-state index in [1.54, 1.807) is 0 Å². The molecule has 5 atom stereocenters. The molecular weight excluding hydrogens is 464 g/mol. The summed E-state index contributed by atoms with van der Waals surface area (Å²) in [6.45, 7) is -2.02. The van der Waals surface area contributed by atoms with E-state index in [1.165, 1.54) is 26.4 Å². The first kappa shape index (κ1) is 26.3. The zero-order valence-electron chi connectivity index (χ0n) is 17.4. The van der Waals surface area contributed by atoms with Gasteiger partial charge in [0.2, 0.25) is 0 Å². The highest BCUT2D eigenvalue weighted by Gasteiger charge is 2.44. The van der Waals surface area contributed by atoms with Crippen LogP contribution in [0, 0.1) is 5.92 Å². The van der Waals surface area contributed by atoms with Crippen LogP contribution in [0.4, 0.5) is 0 Å². The highest BCUT2D eigenvalue weighted by Crippen LogP contribution is 2.48. The first-order valence-electron chi connectivity index (χ1n) is 9.70. The molecule has 172 valence electrons. The topological polar surface area (TPSA) is 119 Å². The Bertz CT molecular complexity index is 727. The number of ether oxygens (including phenoxy) is 2. The number of nitrogens with zero attached hydrogens (tertiary/aromatic N) is 1. The highest BCUT2D eigenvalue weighted by molar-refractivity contribution is 8.07. The van der Waals surface area contributed by atoms with Gasteiger partial charge in [0.05, 0.1) is 6.61 Å². The maximum absolute atomic E-state index is 11.5. The van der Waals surface area contributed by atoms with E-state index in [4.69, 9.17) is 50.4 Å². The molecule has 0 aromatic heterocycles. The number of carbonyl (C=O) groups excluding carboxylic acids is 2. The molecule has 1 fully saturated rings. The molecule has 0 saturated carbocycles. The van der Waals surface area contributed by atoms with Crippen LogP contribution in [0.25, 0.3) is 0 Å². The quantitative estimate of drug-likeness (QED) is 0.108. The van der Waals surface area contributed by atoms with Crippen molar-refractivity contribution in [2.45, 2.75) is 31.1 Å². The van der Waals surface area contributed by atoms with E-state index in [0.717, 1.165) is 4.90 Å². The van der Waals surface area contributed by atoms with Crippen molar-refractivity contribution in [2.75, 3.05) is 40.5 Å². The molecule has 0 aromatic carbocycles.